The first-order valence-electron chi connectivity index (χ1n) is 9.32. The number of aromatic amines is 1. The maximum Gasteiger partial charge on any atom is 0.252 e. The van der Waals surface area contributed by atoms with Gasteiger partial charge in [-0.25, -0.2) is 0 Å². The van der Waals surface area contributed by atoms with Gasteiger partial charge in [0.15, 0.2) is 0 Å². The molecule has 1 aromatic heterocycles. The van der Waals surface area contributed by atoms with E-state index >= 15 is 0 Å². The van der Waals surface area contributed by atoms with Gasteiger partial charge in [0.25, 0.3) is 5.91 Å². The third-order valence-electron chi connectivity index (χ3n) is 5.47. The van der Waals surface area contributed by atoms with E-state index in [1.54, 1.807) is 11.0 Å². The number of hydrogen-bond donors (Lipinski definition) is 2. The Labute approximate surface area is 153 Å². The molecule has 2 amide bonds. The van der Waals surface area contributed by atoms with Gasteiger partial charge in [-0.1, -0.05) is 24.6 Å². The fraction of sp³-hybridized carbons (Fsp3) is 0.450. The van der Waals surface area contributed by atoms with E-state index in [2.05, 4.69) is 15.5 Å². The molecule has 2 heterocycles. The number of fused-ring (bicyclic) bond motifs is 2. The van der Waals surface area contributed by atoms with Crippen molar-refractivity contribution in [1.29, 1.82) is 0 Å². The SMILES string of the molecule is CN(Cc1n[nH]c2c1CCCCC2)C(=O)C[C@H]1NC(=O)c2ccccc21. The van der Waals surface area contributed by atoms with Crippen LogP contribution in [0.25, 0.3) is 0 Å². The Morgan fingerprint density at radius 1 is 1.23 bits per heavy atom. The molecule has 1 aliphatic heterocycles. The summed E-state index contributed by atoms with van der Waals surface area (Å²) in [5.74, 6) is -0.0870. The molecule has 2 aliphatic rings. The normalized spacial score (nSPS) is 18.7. The van der Waals surface area contributed by atoms with E-state index in [0.29, 0.717) is 12.1 Å². The van der Waals surface area contributed by atoms with Gasteiger partial charge in [-0.05, 0) is 42.9 Å². The molecular formula is C20H24N4O2. The van der Waals surface area contributed by atoms with Gasteiger partial charge < -0.3 is 10.2 Å². The second-order valence-electron chi connectivity index (χ2n) is 7.26. The van der Waals surface area contributed by atoms with Crippen LogP contribution in [0.15, 0.2) is 24.3 Å². The van der Waals surface area contributed by atoms with Crippen LogP contribution in [0.5, 0.6) is 0 Å². The summed E-state index contributed by atoms with van der Waals surface area (Å²) in [6.07, 6.45) is 5.98. The van der Waals surface area contributed by atoms with E-state index in [0.717, 1.165) is 24.1 Å². The minimum absolute atomic E-state index is 0.0115. The van der Waals surface area contributed by atoms with Crippen LogP contribution in [-0.2, 0) is 24.2 Å². The first-order valence-corrected chi connectivity index (χ1v) is 9.32. The van der Waals surface area contributed by atoms with E-state index in [1.165, 1.54) is 30.5 Å². The zero-order chi connectivity index (χ0) is 18.1. The zero-order valence-electron chi connectivity index (χ0n) is 15.0. The monoisotopic (exact) mass is 352 g/mol. The van der Waals surface area contributed by atoms with Gasteiger partial charge in [-0.2, -0.15) is 5.10 Å². The molecule has 0 spiro atoms. The predicted molar refractivity (Wildman–Crippen MR) is 97.6 cm³/mol. The Bertz CT molecular complexity index is 842. The molecule has 1 aromatic carbocycles. The highest BCUT2D eigenvalue weighted by molar-refractivity contribution is 5.99. The fourth-order valence-electron chi connectivity index (χ4n) is 3.98. The topological polar surface area (TPSA) is 78.1 Å². The molecule has 136 valence electrons. The third-order valence-corrected chi connectivity index (χ3v) is 5.47. The van der Waals surface area contributed by atoms with Crippen LogP contribution in [0.2, 0.25) is 0 Å². The summed E-state index contributed by atoms with van der Waals surface area (Å²) in [7, 11) is 1.81. The summed E-state index contributed by atoms with van der Waals surface area (Å²) in [5, 5.41) is 10.5. The lowest BCUT2D eigenvalue weighted by Crippen LogP contribution is -2.31. The Balaban J connectivity index is 1.43. The maximum atomic E-state index is 12.7. The molecule has 0 unspecified atom stereocenters. The predicted octanol–water partition coefficient (Wildman–Crippen LogP) is 2.51. The van der Waals surface area contributed by atoms with Gasteiger partial charge in [0, 0.05) is 18.3 Å². The van der Waals surface area contributed by atoms with Crippen LogP contribution in [0, 0.1) is 0 Å². The highest BCUT2D eigenvalue weighted by Crippen LogP contribution is 2.28. The van der Waals surface area contributed by atoms with Crippen molar-refractivity contribution in [3.05, 3.63) is 52.3 Å². The van der Waals surface area contributed by atoms with E-state index in [-0.39, 0.29) is 24.3 Å². The lowest BCUT2D eigenvalue weighted by molar-refractivity contribution is -0.131. The molecule has 0 saturated carbocycles. The Hall–Kier alpha value is -2.63. The first kappa shape index (κ1) is 16.8. The van der Waals surface area contributed by atoms with E-state index < -0.39 is 0 Å². The molecule has 1 aliphatic carbocycles. The second-order valence-corrected chi connectivity index (χ2v) is 7.26. The Morgan fingerprint density at radius 2 is 2.04 bits per heavy atom. The van der Waals surface area contributed by atoms with Gasteiger partial charge in [0.1, 0.15) is 0 Å². The smallest absolute Gasteiger partial charge is 0.252 e. The fourth-order valence-corrected chi connectivity index (χ4v) is 3.98. The molecule has 0 saturated heterocycles. The molecular weight excluding hydrogens is 328 g/mol. The Morgan fingerprint density at radius 3 is 2.92 bits per heavy atom. The maximum absolute atomic E-state index is 12.7. The number of H-pyrrole nitrogens is 1. The van der Waals surface area contributed by atoms with E-state index in [9.17, 15) is 9.59 Å². The Kier molecular flexibility index (Phi) is 4.49. The average molecular weight is 352 g/mol. The van der Waals surface area contributed by atoms with Crippen LogP contribution >= 0.6 is 0 Å². The summed E-state index contributed by atoms with van der Waals surface area (Å²) >= 11 is 0. The summed E-state index contributed by atoms with van der Waals surface area (Å²) < 4.78 is 0. The molecule has 2 aromatic rings. The van der Waals surface area contributed by atoms with Gasteiger partial charge in [0.2, 0.25) is 5.91 Å². The second kappa shape index (κ2) is 6.94. The first-order chi connectivity index (χ1) is 12.6. The van der Waals surface area contributed by atoms with Gasteiger partial charge >= 0.3 is 0 Å². The molecule has 1 atom stereocenters. The number of amides is 2. The van der Waals surface area contributed by atoms with Crippen LogP contribution < -0.4 is 5.32 Å². The van der Waals surface area contributed by atoms with E-state index in [4.69, 9.17) is 0 Å². The summed E-state index contributed by atoms with van der Waals surface area (Å²) in [6, 6.07) is 7.22. The zero-order valence-corrected chi connectivity index (χ0v) is 15.0. The summed E-state index contributed by atoms with van der Waals surface area (Å²) in [5.41, 5.74) is 5.09. The van der Waals surface area contributed by atoms with E-state index in [1.807, 2.05) is 25.2 Å². The van der Waals surface area contributed by atoms with Gasteiger partial charge in [-0.3, -0.25) is 14.7 Å². The van der Waals surface area contributed by atoms with Crippen LogP contribution in [0.1, 0.15) is 64.6 Å². The number of hydrogen-bond acceptors (Lipinski definition) is 3. The van der Waals surface area contributed by atoms with Crippen LogP contribution in [0.3, 0.4) is 0 Å². The van der Waals surface area contributed by atoms with Crippen molar-refractivity contribution < 1.29 is 9.59 Å². The number of carbonyl (C=O) groups is 2. The molecule has 0 fully saturated rings. The van der Waals surface area contributed by atoms with Gasteiger partial charge in [0.05, 0.1) is 24.7 Å². The molecule has 0 bridgehead atoms. The average Bonchev–Trinajstić information content (AvgIpc) is 3.06. The van der Waals surface area contributed by atoms with Crippen molar-refractivity contribution in [3.8, 4) is 0 Å². The number of aryl methyl sites for hydroxylation is 1. The summed E-state index contributed by atoms with van der Waals surface area (Å²) in [4.78, 5) is 26.5. The minimum atomic E-state index is -0.245. The number of nitrogens with zero attached hydrogens (tertiary/aromatic N) is 2. The van der Waals surface area contributed by atoms with Crippen molar-refractivity contribution in [2.75, 3.05) is 7.05 Å². The largest absolute Gasteiger partial charge is 0.345 e. The molecule has 2 N–H and O–H groups in total. The standard InChI is InChI=1S/C20H24N4O2/c1-24(12-18-15-9-3-2-4-10-16(15)22-23-18)19(25)11-17-13-7-5-6-8-14(13)20(26)21-17/h5-8,17H,2-4,9-12H2,1H3,(H,21,26)(H,22,23)/t17-/m1/s1. The third kappa shape index (κ3) is 3.11. The number of aromatic nitrogens is 2. The highest BCUT2D eigenvalue weighted by Gasteiger charge is 2.30. The lowest BCUT2D eigenvalue weighted by atomic mass is 10.0. The summed E-state index contributed by atoms with van der Waals surface area (Å²) in [6.45, 7) is 0.507. The molecule has 0 radical (unpaired) electrons. The quantitative estimate of drug-likeness (QED) is 0.830. The lowest BCUT2D eigenvalue weighted by Gasteiger charge is -2.19. The van der Waals surface area contributed by atoms with Gasteiger partial charge in [-0.15, -0.1) is 0 Å². The molecule has 6 nitrogen and oxygen atoms in total. The number of rotatable bonds is 4. The van der Waals surface area contributed by atoms with Crippen molar-refractivity contribution in [1.82, 2.24) is 20.4 Å². The number of carbonyl (C=O) groups excluding carboxylic acids is 2. The van der Waals surface area contributed by atoms with Crippen molar-refractivity contribution >= 4 is 11.8 Å². The number of benzene rings is 1. The molecule has 4 rings (SSSR count). The number of nitrogens with one attached hydrogen (secondary N) is 2. The van der Waals surface area contributed by atoms with Crippen LogP contribution in [-0.4, -0.2) is 34.0 Å². The van der Waals surface area contributed by atoms with Crippen molar-refractivity contribution in [3.63, 3.8) is 0 Å². The minimum Gasteiger partial charge on any atom is -0.345 e. The van der Waals surface area contributed by atoms with Crippen molar-refractivity contribution in [2.45, 2.75) is 51.1 Å². The van der Waals surface area contributed by atoms with Crippen LogP contribution in [0.4, 0.5) is 0 Å². The molecule has 26 heavy (non-hydrogen) atoms. The van der Waals surface area contributed by atoms with Crippen molar-refractivity contribution in [2.24, 2.45) is 0 Å². The highest BCUT2D eigenvalue weighted by atomic mass is 16.2. The molecule has 6 heteroatoms.